The zero-order valence-electron chi connectivity index (χ0n) is 9.06. The number of hydrogen-bond acceptors (Lipinski definition) is 4. The van der Waals surface area contributed by atoms with Crippen LogP contribution < -0.4 is 5.32 Å². The molecule has 0 amide bonds. The minimum atomic E-state index is 0.257. The quantitative estimate of drug-likeness (QED) is 0.867. The lowest BCUT2D eigenvalue weighted by Gasteiger charge is -2.11. The third-order valence-electron chi connectivity index (χ3n) is 2.25. The average Bonchev–Trinajstić information content (AvgIpc) is 2.75. The van der Waals surface area contributed by atoms with Crippen molar-refractivity contribution in [3.05, 3.63) is 28.3 Å². The van der Waals surface area contributed by atoms with Crippen molar-refractivity contribution in [3.63, 3.8) is 0 Å². The molecule has 0 radical (unpaired) electrons. The van der Waals surface area contributed by atoms with Gasteiger partial charge in [-0.3, -0.25) is 4.68 Å². The summed E-state index contributed by atoms with van der Waals surface area (Å²) < 4.78 is 1.79. The maximum Gasteiger partial charge on any atom is 0.148 e. The molecule has 15 heavy (non-hydrogen) atoms. The van der Waals surface area contributed by atoms with Gasteiger partial charge in [-0.1, -0.05) is 0 Å². The summed E-state index contributed by atoms with van der Waals surface area (Å²) in [5.41, 5.74) is 2.97. The molecule has 0 bridgehead atoms. The maximum absolute atomic E-state index is 4.28. The molecule has 1 unspecified atom stereocenters. The predicted molar refractivity (Wildman–Crippen MR) is 62.1 cm³/mol. The zero-order valence-corrected chi connectivity index (χ0v) is 9.88. The summed E-state index contributed by atoms with van der Waals surface area (Å²) in [7, 11) is 1.91. The molecule has 0 spiro atoms. The molecule has 0 aliphatic heterocycles. The van der Waals surface area contributed by atoms with Gasteiger partial charge >= 0.3 is 0 Å². The SMILES string of the molecule is Cc1ncsc1C(C)Nc1ccn(C)n1. The summed E-state index contributed by atoms with van der Waals surface area (Å²) in [6, 6.07) is 2.22. The highest BCUT2D eigenvalue weighted by atomic mass is 32.1. The Bertz CT molecular complexity index is 446. The van der Waals surface area contributed by atoms with Crippen LogP contribution >= 0.6 is 11.3 Å². The van der Waals surface area contributed by atoms with Gasteiger partial charge in [-0.05, 0) is 13.8 Å². The number of aromatic nitrogens is 3. The Morgan fingerprint density at radius 3 is 2.87 bits per heavy atom. The Balaban J connectivity index is 2.10. The Hall–Kier alpha value is -1.36. The largest absolute Gasteiger partial charge is 0.361 e. The number of thiazole rings is 1. The van der Waals surface area contributed by atoms with E-state index in [2.05, 4.69) is 22.3 Å². The van der Waals surface area contributed by atoms with Gasteiger partial charge in [0.2, 0.25) is 0 Å². The Morgan fingerprint density at radius 1 is 1.53 bits per heavy atom. The van der Waals surface area contributed by atoms with Crippen LogP contribution in [0.4, 0.5) is 5.82 Å². The topological polar surface area (TPSA) is 42.7 Å². The van der Waals surface area contributed by atoms with E-state index in [-0.39, 0.29) is 6.04 Å². The molecular weight excluding hydrogens is 208 g/mol. The number of anilines is 1. The normalized spacial score (nSPS) is 12.7. The van der Waals surface area contributed by atoms with Crippen LogP contribution in [0.2, 0.25) is 0 Å². The van der Waals surface area contributed by atoms with Crippen LogP contribution in [0.1, 0.15) is 23.5 Å². The molecule has 2 aromatic rings. The van der Waals surface area contributed by atoms with Crippen molar-refractivity contribution in [2.45, 2.75) is 19.9 Å². The van der Waals surface area contributed by atoms with Gasteiger partial charge in [0, 0.05) is 24.2 Å². The van der Waals surface area contributed by atoms with Crippen LogP contribution in [-0.4, -0.2) is 14.8 Å². The molecule has 1 N–H and O–H groups in total. The predicted octanol–water partition coefficient (Wildman–Crippen LogP) is 2.36. The molecule has 0 saturated carbocycles. The van der Waals surface area contributed by atoms with Gasteiger partial charge in [0.1, 0.15) is 5.82 Å². The lowest BCUT2D eigenvalue weighted by atomic mass is 10.2. The van der Waals surface area contributed by atoms with Gasteiger partial charge in [0.15, 0.2) is 0 Å². The first-order valence-electron chi connectivity index (χ1n) is 4.83. The highest BCUT2D eigenvalue weighted by molar-refractivity contribution is 7.09. The monoisotopic (exact) mass is 222 g/mol. The van der Waals surface area contributed by atoms with Crippen molar-refractivity contribution in [1.29, 1.82) is 0 Å². The summed E-state index contributed by atoms with van der Waals surface area (Å²) in [6.45, 7) is 4.15. The summed E-state index contributed by atoms with van der Waals surface area (Å²) in [5, 5.41) is 7.62. The van der Waals surface area contributed by atoms with Crippen molar-refractivity contribution < 1.29 is 0 Å². The van der Waals surface area contributed by atoms with Crippen LogP contribution in [0.3, 0.4) is 0 Å². The second-order valence-corrected chi connectivity index (χ2v) is 4.43. The van der Waals surface area contributed by atoms with Gasteiger partial charge in [0.05, 0.1) is 17.2 Å². The first kappa shape index (κ1) is 10.2. The lowest BCUT2D eigenvalue weighted by molar-refractivity contribution is 0.761. The molecule has 2 aromatic heterocycles. The first-order valence-corrected chi connectivity index (χ1v) is 5.71. The molecule has 4 nitrogen and oxygen atoms in total. The molecule has 2 rings (SSSR count). The van der Waals surface area contributed by atoms with E-state index in [0.29, 0.717) is 0 Å². The molecule has 0 aromatic carbocycles. The van der Waals surface area contributed by atoms with Crippen molar-refractivity contribution >= 4 is 17.2 Å². The van der Waals surface area contributed by atoms with E-state index in [9.17, 15) is 0 Å². The Morgan fingerprint density at radius 2 is 2.33 bits per heavy atom. The Kier molecular flexibility index (Phi) is 2.73. The van der Waals surface area contributed by atoms with Crippen molar-refractivity contribution in [2.24, 2.45) is 7.05 Å². The van der Waals surface area contributed by atoms with E-state index in [1.165, 1.54) is 4.88 Å². The molecule has 80 valence electrons. The van der Waals surface area contributed by atoms with Crippen molar-refractivity contribution in [1.82, 2.24) is 14.8 Å². The van der Waals surface area contributed by atoms with E-state index in [4.69, 9.17) is 0 Å². The molecule has 0 aliphatic rings. The van der Waals surface area contributed by atoms with Gasteiger partial charge in [-0.25, -0.2) is 4.98 Å². The van der Waals surface area contributed by atoms with Crippen LogP contribution in [0.15, 0.2) is 17.8 Å². The van der Waals surface area contributed by atoms with E-state index < -0.39 is 0 Å². The highest BCUT2D eigenvalue weighted by Crippen LogP contribution is 2.24. The Labute approximate surface area is 93.0 Å². The molecule has 0 saturated heterocycles. The van der Waals surface area contributed by atoms with Gasteiger partial charge < -0.3 is 5.32 Å². The van der Waals surface area contributed by atoms with E-state index >= 15 is 0 Å². The van der Waals surface area contributed by atoms with Crippen molar-refractivity contribution in [3.8, 4) is 0 Å². The van der Waals surface area contributed by atoms with E-state index in [1.54, 1.807) is 16.0 Å². The molecule has 1 atom stereocenters. The summed E-state index contributed by atoms with van der Waals surface area (Å²) in [4.78, 5) is 5.50. The maximum atomic E-state index is 4.28. The number of aryl methyl sites for hydroxylation is 2. The van der Waals surface area contributed by atoms with Crippen LogP contribution in [0, 0.1) is 6.92 Å². The lowest BCUT2D eigenvalue weighted by Crippen LogP contribution is -2.07. The summed E-state index contributed by atoms with van der Waals surface area (Å²) in [6.07, 6.45) is 1.93. The third-order valence-corrected chi connectivity index (χ3v) is 3.37. The fourth-order valence-corrected chi connectivity index (χ4v) is 2.32. The van der Waals surface area contributed by atoms with Crippen LogP contribution in [-0.2, 0) is 7.05 Å². The van der Waals surface area contributed by atoms with Gasteiger partial charge in [-0.2, -0.15) is 5.10 Å². The minimum Gasteiger partial charge on any atom is -0.361 e. The molecular formula is C10H14N4S. The minimum absolute atomic E-state index is 0.257. The van der Waals surface area contributed by atoms with Gasteiger partial charge in [-0.15, -0.1) is 11.3 Å². The number of nitrogens with one attached hydrogen (secondary N) is 1. The molecule has 0 aliphatic carbocycles. The van der Waals surface area contributed by atoms with Crippen LogP contribution in [0.25, 0.3) is 0 Å². The zero-order chi connectivity index (χ0) is 10.8. The highest BCUT2D eigenvalue weighted by Gasteiger charge is 2.11. The summed E-state index contributed by atoms with van der Waals surface area (Å²) >= 11 is 1.68. The molecule has 2 heterocycles. The smallest absolute Gasteiger partial charge is 0.148 e. The van der Waals surface area contributed by atoms with Crippen LogP contribution in [0.5, 0.6) is 0 Å². The fraction of sp³-hybridized carbons (Fsp3) is 0.400. The average molecular weight is 222 g/mol. The number of hydrogen-bond donors (Lipinski definition) is 1. The third kappa shape index (κ3) is 2.18. The fourth-order valence-electron chi connectivity index (χ4n) is 1.51. The molecule has 5 heteroatoms. The standard InChI is InChI=1S/C10H14N4S/c1-7-10(15-6-11-7)8(2)12-9-4-5-14(3)13-9/h4-6,8H,1-3H3,(H,12,13). The van der Waals surface area contributed by atoms with E-state index in [1.807, 2.05) is 31.7 Å². The van der Waals surface area contributed by atoms with Gasteiger partial charge in [0.25, 0.3) is 0 Å². The second kappa shape index (κ2) is 4.02. The second-order valence-electron chi connectivity index (χ2n) is 3.54. The number of nitrogens with zero attached hydrogens (tertiary/aromatic N) is 3. The first-order chi connectivity index (χ1) is 7.16. The van der Waals surface area contributed by atoms with Crippen molar-refractivity contribution in [2.75, 3.05) is 5.32 Å². The number of rotatable bonds is 3. The van der Waals surface area contributed by atoms with E-state index in [0.717, 1.165) is 11.5 Å². The summed E-state index contributed by atoms with van der Waals surface area (Å²) in [5.74, 6) is 0.901. The molecule has 0 fully saturated rings.